The van der Waals surface area contributed by atoms with Gasteiger partial charge in [0.15, 0.2) is 0 Å². The van der Waals surface area contributed by atoms with E-state index in [9.17, 15) is 0 Å². The summed E-state index contributed by atoms with van der Waals surface area (Å²) in [5.74, 6) is 3.14. The predicted molar refractivity (Wildman–Crippen MR) is 136 cm³/mol. The molecule has 1 saturated heterocycles. The zero-order valence-electron chi connectivity index (χ0n) is 19.9. The molecule has 0 saturated carbocycles. The lowest BCUT2D eigenvalue weighted by Crippen LogP contribution is -2.43. The fraction of sp³-hybridized carbons (Fsp3) is 0.308. The van der Waals surface area contributed by atoms with E-state index in [4.69, 9.17) is 15.1 Å². The lowest BCUT2D eigenvalue weighted by molar-refractivity contribution is 0.399. The van der Waals surface area contributed by atoms with Crippen molar-refractivity contribution in [3.63, 3.8) is 0 Å². The molecule has 0 bridgehead atoms. The second-order valence-corrected chi connectivity index (χ2v) is 8.95. The Labute approximate surface area is 203 Å². The number of benzene rings is 1. The van der Waals surface area contributed by atoms with Crippen molar-refractivity contribution < 1.29 is 4.74 Å². The summed E-state index contributed by atoms with van der Waals surface area (Å²) in [6.45, 7) is 7.35. The van der Waals surface area contributed by atoms with Crippen molar-refractivity contribution in [2.75, 3.05) is 50.1 Å². The highest BCUT2D eigenvalue weighted by atomic mass is 16.5. The number of nitrogens with one attached hydrogen (secondary N) is 3. The Morgan fingerprint density at radius 1 is 0.886 bits per heavy atom. The molecule has 9 nitrogen and oxygen atoms in total. The number of aromatic nitrogens is 4. The Bertz CT molecular complexity index is 1420. The minimum Gasteiger partial charge on any atom is -0.480 e. The Morgan fingerprint density at radius 2 is 1.69 bits per heavy atom. The molecule has 0 radical (unpaired) electrons. The summed E-state index contributed by atoms with van der Waals surface area (Å²) in [5, 5.41) is 15.3. The van der Waals surface area contributed by atoms with Gasteiger partial charge in [0.25, 0.3) is 0 Å². The summed E-state index contributed by atoms with van der Waals surface area (Å²) < 4.78 is 7.90. The molecule has 4 aliphatic heterocycles. The van der Waals surface area contributed by atoms with Crippen molar-refractivity contribution in [1.82, 2.24) is 24.8 Å². The molecule has 2 aromatic rings. The molecule has 5 heterocycles. The van der Waals surface area contributed by atoms with Crippen LogP contribution in [-0.2, 0) is 6.54 Å². The minimum atomic E-state index is -0.0228. The van der Waals surface area contributed by atoms with E-state index in [2.05, 4.69) is 67.3 Å². The van der Waals surface area contributed by atoms with E-state index in [1.54, 1.807) is 7.11 Å². The molecule has 1 fully saturated rings. The fourth-order valence-corrected chi connectivity index (χ4v) is 4.95. The van der Waals surface area contributed by atoms with Crippen LogP contribution in [0, 0.1) is 12.3 Å². The predicted octanol–water partition coefficient (Wildman–Crippen LogP) is 2.74. The molecule has 0 aliphatic carbocycles. The van der Waals surface area contributed by atoms with Crippen molar-refractivity contribution >= 4 is 11.6 Å². The molecule has 6 rings (SSSR count). The van der Waals surface area contributed by atoms with E-state index in [-0.39, 0.29) is 5.62 Å². The second kappa shape index (κ2) is 8.66. The molecule has 0 unspecified atom stereocenters. The zero-order valence-corrected chi connectivity index (χ0v) is 19.9. The molecule has 3 N–H and O–H groups in total. The van der Waals surface area contributed by atoms with Gasteiger partial charge in [-0.2, -0.15) is 9.97 Å². The monoisotopic (exact) mass is 468 g/mol. The first kappa shape index (κ1) is 21.5. The molecule has 9 heteroatoms. The van der Waals surface area contributed by atoms with Gasteiger partial charge in [0.2, 0.25) is 11.5 Å². The maximum Gasteiger partial charge on any atom is 0.244 e. The second-order valence-electron chi connectivity index (χ2n) is 8.95. The number of hydrogen-bond acceptors (Lipinski definition) is 8. The Kier molecular flexibility index (Phi) is 5.33. The lowest BCUT2D eigenvalue weighted by atomic mass is 9.98. The highest BCUT2D eigenvalue weighted by Gasteiger charge is 2.27. The number of pyridine rings is 2. The third kappa shape index (κ3) is 3.77. The maximum atomic E-state index is 8.37. The van der Waals surface area contributed by atoms with Crippen molar-refractivity contribution in [3.8, 4) is 39.7 Å². The number of methoxy groups -OCH3 is 1. The standard InChI is InChI=1S/C26H28N8O/c1-16-3-5-17(6-4-16)19-15-20-22(31-26(27)32-24(20)34-14-11-29-23(19)34)18-7-8-21(30-25(18)35-2)33-12-9-28-10-13-33/h3-8,15,27-29H,9-14H2,1-2H3. The SMILES string of the molecule is COc1nc(N2CCNCC2)ccc1-c1nc(=N)nc2n3c(c(-c4ccc(C)cc4)cc1-2)NCC3. The molecular weight excluding hydrogens is 440 g/mol. The Hall–Kier alpha value is -3.98. The molecule has 0 atom stereocenters. The van der Waals surface area contributed by atoms with Gasteiger partial charge in [-0.05, 0) is 30.7 Å². The molecule has 0 spiro atoms. The number of aryl methyl sites for hydroxylation is 1. The summed E-state index contributed by atoms with van der Waals surface area (Å²) in [6, 6.07) is 14.7. The first-order valence-electron chi connectivity index (χ1n) is 11.9. The van der Waals surface area contributed by atoms with E-state index >= 15 is 0 Å². The first-order valence-corrected chi connectivity index (χ1v) is 11.9. The van der Waals surface area contributed by atoms with E-state index in [1.165, 1.54) is 5.56 Å². The molecule has 178 valence electrons. The summed E-state index contributed by atoms with van der Waals surface area (Å²) >= 11 is 0. The molecular formula is C26H28N8O. The number of rotatable bonds is 4. The van der Waals surface area contributed by atoms with Crippen LogP contribution >= 0.6 is 0 Å². The summed E-state index contributed by atoms with van der Waals surface area (Å²) in [7, 11) is 1.63. The smallest absolute Gasteiger partial charge is 0.244 e. The Balaban J connectivity index is 1.55. The van der Waals surface area contributed by atoms with Crippen LogP contribution in [0.4, 0.5) is 11.6 Å². The lowest BCUT2D eigenvalue weighted by Gasteiger charge is -2.28. The van der Waals surface area contributed by atoms with Crippen LogP contribution in [0.2, 0.25) is 0 Å². The topological polar surface area (TPSA) is 104 Å². The number of piperazine rings is 1. The summed E-state index contributed by atoms with van der Waals surface area (Å²) in [5.41, 5.74) is 5.69. The van der Waals surface area contributed by atoms with Crippen molar-refractivity contribution in [1.29, 1.82) is 5.41 Å². The van der Waals surface area contributed by atoms with Gasteiger partial charge >= 0.3 is 0 Å². The van der Waals surface area contributed by atoms with Gasteiger partial charge in [-0.25, -0.2) is 4.98 Å². The van der Waals surface area contributed by atoms with Crippen LogP contribution < -0.4 is 25.9 Å². The van der Waals surface area contributed by atoms with Crippen LogP contribution in [0.5, 0.6) is 5.88 Å². The van der Waals surface area contributed by atoms with E-state index in [0.29, 0.717) is 11.6 Å². The number of anilines is 2. The average molecular weight is 469 g/mol. The van der Waals surface area contributed by atoms with Crippen molar-refractivity contribution in [2.45, 2.75) is 13.5 Å². The van der Waals surface area contributed by atoms with Gasteiger partial charge in [0.1, 0.15) is 17.5 Å². The Morgan fingerprint density at radius 3 is 2.46 bits per heavy atom. The van der Waals surface area contributed by atoms with E-state index < -0.39 is 0 Å². The fourth-order valence-electron chi connectivity index (χ4n) is 4.95. The van der Waals surface area contributed by atoms with Gasteiger partial charge in [0.05, 0.1) is 18.4 Å². The average Bonchev–Trinajstić information content (AvgIpc) is 3.39. The van der Waals surface area contributed by atoms with Crippen molar-refractivity contribution in [3.05, 3.63) is 53.6 Å². The quantitative estimate of drug-likeness (QED) is 0.423. The van der Waals surface area contributed by atoms with Crippen LogP contribution in [-0.4, -0.2) is 59.4 Å². The molecule has 0 amide bonds. The van der Waals surface area contributed by atoms with E-state index in [1.807, 2.05) is 12.1 Å². The highest BCUT2D eigenvalue weighted by molar-refractivity contribution is 5.89. The highest BCUT2D eigenvalue weighted by Crippen LogP contribution is 2.42. The van der Waals surface area contributed by atoms with Crippen molar-refractivity contribution in [2.24, 2.45) is 0 Å². The van der Waals surface area contributed by atoms with E-state index in [0.717, 1.165) is 79.0 Å². The largest absolute Gasteiger partial charge is 0.480 e. The number of ether oxygens (including phenoxy) is 1. The number of hydrogen-bond donors (Lipinski definition) is 3. The number of fused-ring (bicyclic) bond motifs is 3. The van der Waals surface area contributed by atoms with Gasteiger partial charge in [-0.3, -0.25) is 5.41 Å². The van der Waals surface area contributed by atoms with Crippen LogP contribution in [0.15, 0.2) is 42.5 Å². The van der Waals surface area contributed by atoms with Gasteiger partial charge in [-0.15, -0.1) is 0 Å². The maximum absolute atomic E-state index is 8.37. The van der Waals surface area contributed by atoms with Crippen LogP contribution in [0.1, 0.15) is 5.56 Å². The first-order chi connectivity index (χ1) is 17.1. The van der Waals surface area contributed by atoms with Crippen LogP contribution in [0.3, 0.4) is 0 Å². The minimum absolute atomic E-state index is 0.0228. The normalized spacial score (nSPS) is 15.2. The van der Waals surface area contributed by atoms with Crippen LogP contribution in [0.25, 0.3) is 33.8 Å². The molecule has 1 aromatic carbocycles. The zero-order chi connectivity index (χ0) is 23.9. The number of nitrogens with zero attached hydrogens (tertiary/aromatic N) is 5. The third-order valence-electron chi connectivity index (χ3n) is 6.72. The summed E-state index contributed by atoms with van der Waals surface area (Å²) in [6.07, 6.45) is 0. The van der Waals surface area contributed by atoms with Gasteiger partial charge in [-0.1, -0.05) is 29.8 Å². The third-order valence-corrected chi connectivity index (χ3v) is 6.72. The summed E-state index contributed by atoms with van der Waals surface area (Å²) in [4.78, 5) is 16.2. The molecule has 4 aliphatic rings. The van der Waals surface area contributed by atoms with Gasteiger partial charge in [0, 0.05) is 50.4 Å². The molecule has 1 aromatic heterocycles. The molecule has 35 heavy (non-hydrogen) atoms. The van der Waals surface area contributed by atoms with Gasteiger partial charge < -0.3 is 24.8 Å².